The van der Waals surface area contributed by atoms with Gasteiger partial charge in [0.2, 0.25) is 11.8 Å². The molecule has 9 heteroatoms. The van der Waals surface area contributed by atoms with E-state index in [4.69, 9.17) is 4.74 Å². The van der Waals surface area contributed by atoms with E-state index in [0.717, 1.165) is 17.3 Å². The molecule has 3 aromatic rings. The second kappa shape index (κ2) is 10.5. The van der Waals surface area contributed by atoms with E-state index >= 15 is 0 Å². The maximum absolute atomic E-state index is 13.3. The highest BCUT2D eigenvalue weighted by Crippen LogP contribution is 2.31. The zero-order valence-corrected chi connectivity index (χ0v) is 19.0. The Morgan fingerprint density at radius 3 is 2.26 bits per heavy atom. The van der Waals surface area contributed by atoms with Crippen molar-refractivity contribution in [2.75, 3.05) is 12.4 Å². The molecule has 1 saturated heterocycles. The number of methoxy groups -OCH3 is 1. The van der Waals surface area contributed by atoms with E-state index in [1.165, 1.54) is 53.4 Å². The molecule has 1 N–H and O–H groups in total. The number of aliphatic imine (C=N–C) groups is 1. The quantitative estimate of drug-likeness (QED) is 0.530. The van der Waals surface area contributed by atoms with Gasteiger partial charge in [-0.05, 0) is 66.2 Å². The van der Waals surface area contributed by atoms with Gasteiger partial charge in [-0.3, -0.25) is 14.5 Å². The molecule has 1 fully saturated rings. The molecule has 1 aliphatic heterocycles. The van der Waals surface area contributed by atoms with E-state index in [2.05, 4.69) is 10.3 Å². The first-order chi connectivity index (χ1) is 16.4. The molecular weight excluding hydrogens is 460 g/mol. The summed E-state index contributed by atoms with van der Waals surface area (Å²) >= 11 is 1.15. The molecule has 0 spiro atoms. The van der Waals surface area contributed by atoms with Crippen LogP contribution < -0.4 is 10.1 Å². The molecule has 2 amide bonds. The molecule has 0 radical (unpaired) electrons. The molecule has 0 unspecified atom stereocenters. The topological polar surface area (TPSA) is 71.0 Å². The number of nitrogens with one attached hydrogen (secondary N) is 1. The van der Waals surface area contributed by atoms with E-state index < -0.39 is 16.9 Å². The predicted octanol–water partition coefficient (Wildman–Crippen LogP) is 5.13. The van der Waals surface area contributed by atoms with Crippen molar-refractivity contribution in [3.8, 4) is 5.75 Å². The fourth-order valence-corrected chi connectivity index (χ4v) is 4.39. The second-order valence-corrected chi connectivity index (χ2v) is 8.68. The van der Waals surface area contributed by atoms with Gasteiger partial charge in [0.05, 0.1) is 19.3 Å². The normalized spacial score (nSPS) is 17.0. The summed E-state index contributed by atoms with van der Waals surface area (Å²) in [6.45, 7) is 0.252. The van der Waals surface area contributed by atoms with Crippen LogP contribution in [-0.2, 0) is 16.1 Å². The van der Waals surface area contributed by atoms with Crippen molar-refractivity contribution in [1.29, 1.82) is 0 Å². The fourth-order valence-electron chi connectivity index (χ4n) is 3.29. The van der Waals surface area contributed by atoms with Crippen molar-refractivity contribution in [2.24, 2.45) is 4.99 Å². The first kappa shape index (κ1) is 23.4. The fraction of sp³-hybridized carbons (Fsp3) is 0.160. The molecule has 6 nitrogen and oxygen atoms in total. The summed E-state index contributed by atoms with van der Waals surface area (Å²) in [5.74, 6) is -0.776. The number of benzene rings is 3. The summed E-state index contributed by atoms with van der Waals surface area (Å²) in [6.07, 6.45) is -0.0315. The summed E-state index contributed by atoms with van der Waals surface area (Å²) in [5.41, 5.74) is 1.74. The maximum Gasteiger partial charge on any atom is 0.238 e. The lowest BCUT2D eigenvalue weighted by atomic mass is 10.2. The zero-order chi connectivity index (χ0) is 24.1. The highest BCUT2D eigenvalue weighted by molar-refractivity contribution is 8.15. The van der Waals surface area contributed by atoms with Crippen LogP contribution >= 0.6 is 11.8 Å². The van der Waals surface area contributed by atoms with Gasteiger partial charge in [-0.1, -0.05) is 23.9 Å². The molecule has 0 saturated carbocycles. The van der Waals surface area contributed by atoms with Crippen molar-refractivity contribution in [3.63, 3.8) is 0 Å². The Hall–Kier alpha value is -3.72. The number of carbonyl (C=O) groups is 2. The van der Waals surface area contributed by atoms with Crippen LogP contribution in [0.2, 0.25) is 0 Å². The minimum Gasteiger partial charge on any atom is -0.497 e. The Morgan fingerprint density at radius 2 is 1.65 bits per heavy atom. The molecule has 0 aliphatic carbocycles. The number of halogens is 2. The molecular formula is C25H21F2N3O3S. The van der Waals surface area contributed by atoms with Crippen molar-refractivity contribution in [2.45, 2.75) is 18.2 Å². The minimum absolute atomic E-state index is 0.0315. The summed E-state index contributed by atoms with van der Waals surface area (Å²) in [6, 6.07) is 18.2. The number of rotatable bonds is 6. The number of ether oxygens (including phenoxy) is 1. The van der Waals surface area contributed by atoms with E-state index in [0.29, 0.717) is 22.3 Å². The Labute approximate surface area is 199 Å². The molecule has 1 heterocycles. The van der Waals surface area contributed by atoms with Crippen LogP contribution in [0.1, 0.15) is 12.0 Å². The lowest BCUT2D eigenvalue weighted by molar-refractivity contribution is -0.129. The average Bonchev–Trinajstić information content (AvgIpc) is 2.84. The second-order valence-electron chi connectivity index (χ2n) is 7.51. The van der Waals surface area contributed by atoms with Crippen LogP contribution in [-0.4, -0.2) is 34.2 Å². The van der Waals surface area contributed by atoms with Crippen LogP contribution in [0.5, 0.6) is 5.75 Å². The van der Waals surface area contributed by atoms with Gasteiger partial charge in [-0.15, -0.1) is 0 Å². The lowest BCUT2D eigenvalue weighted by Gasteiger charge is -2.32. The number of thioether (sulfide) groups is 1. The Bertz CT molecular complexity index is 1200. The average molecular weight is 482 g/mol. The third kappa shape index (κ3) is 5.79. The maximum atomic E-state index is 13.3. The van der Waals surface area contributed by atoms with Crippen LogP contribution in [0.25, 0.3) is 0 Å². The number of hydrogen-bond acceptors (Lipinski definition) is 5. The molecule has 34 heavy (non-hydrogen) atoms. The van der Waals surface area contributed by atoms with Gasteiger partial charge in [0.1, 0.15) is 22.6 Å². The Balaban J connectivity index is 1.58. The smallest absolute Gasteiger partial charge is 0.238 e. The van der Waals surface area contributed by atoms with Crippen LogP contribution in [0.3, 0.4) is 0 Å². The first-order valence-corrected chi connectivity index (χ1v) is 11.3. The zero-order valence-electron chi connectivity index (χ0n) is 18.2. The third-order valence-corrected chi connectivity index (χ3v) is 6.28. The molecule has 0 aromatic heterocycles. The number of amidine groups is 1. The van der Waals surface area contributed by atoms with Crippen molar-refractivity contribution in [3.05, 3.63) is 90.0 Å². The number of amides is 2. The largest absolute Gasteiger partial charge is 0.497 e. The SMILES string of the molecule is COc1ccc(CN2C(=O)C[C@H](C(=O)Nc3ccc(F)cc3)SC2=Nc2ccc(F)cc2)cc1. The highest BCUT2D eigenvalue weighted by atomic mass is 32.2. The standard InChI is InChI=1S/C25H21F2N3O3S/c1-33-21-12-2-16(3-13-21)15-30-23(31)14-22(24(32)28-19-8-4-17(26)5-9-19)34-25(30)29-20-10-6-18(27)7-11-20/h2-13,22H,14-15H2,1H3,(H,28,32)/t22-/m1/s1. The van der Waals surface area contributed by atoms with Crippen LogP contribution in [0, 0.1) is 11.6 Å². The summed E-state index contributed by atoms with van der Waals surface area (Å²) in [5, 5.41) is 2.31. The van der Waals surface area contributed by atoms with Gasteiger partial charge < -0.3 is 10.1 Å². The van der Waals surface area contributed by atoms with Crippen molar-refractivity contribution >= 4 is 40.1 Å². The molecule has 3 aromatic carbocycles. The van der Waals surface area contributed by atoms with Crippen LogP contribution in [0.4, 0.5) is 20.2 Å². The first-order valence-electron chi connectivity index (χ1n) is 10.4. The summed E-state index contributed by atoms with van der Waals surface area (Å²) in [7, 11) is 1.57. The number of anilines is 1. The van der Waals surface area contributed by atoms with E-state index in [1.807, 2.05) is 12.1 Å². The summed E-state index contributed by atoms with van der Waals surface area (Å²) in [4.78, 5) is 32.0. The highest BCUT2D eigenvalue weighted by Gasteiger charge is 2.36. The number of carbonyl (C=O) groups excluding carboxylic acids is 2. The summed E-state index contributed by atoms with van der Waals surface area (Å²) < 4.78 is 31.7. The van der Waals surface area contributed by atoms with Gasteiger partial charge >= 0.3 is 0 Å². The molecule has 174 valence electrons. The molecule has 1 atom stereocenters. The molecule has 0 bridgehead atoms. The van der Waals surface area contributed by atoms with E-state index in [1.54, 1.807) is 19.2 Å². The molecule has 4 rings (SSSR count). The Morgan fingerprint density at radius 1 is 1.03 bits per heavy atom. The monoisotopic (exact) mass is 481 g/mol. The van der Waals surface area contributed by atoms with Gasteiger partial charge in [-0.2, -0.15) is 0 Å². The number of hydrogen-bond donors (Lipinski definition) is 1. The lowest BCUT2D eigenvalue weighted by Crippen LogP contribution is -2.44. The van der Waals surface area contributed by atoms with Gasteiger partial charge in [0, 0.05) is 12.1 Å². The van der Waals surface area contributed by atoms with Gasteiger partial charge in [-0.25, -0.2) is 13.8 Å². The van der Waals surface area contributed by atoms with Crippen molar-refractivity contribution < 1.29 is 23.1 Å². The van der Waals surface area contributed by atoms with Crippen molar-refractivity contribution in [1.82, 2.24) is 4.90 Å². The minimum atomic E-state index is -0.733. The van der Waals surface area contributed by atoms with Gasteiger partial charge in [0.25, 0.3) is 0 Å². The van der Waals surface area contributed by atoms with Gasteiger partial charge in [0.15, 0.2) is 5.17 Å². The molecule has 1 aliphatic rings. The predicted molar refractivity (Wildman–Crippen MR) is 128 cm³/mol. The Kier molecular flexibility index (Phi) is 7.22. The van der Waals surface area contributed by atoms with Crippen LogP contribution in [0.15, 0.2) is 77.8 Å². The number of nitrogens with zero attached hydrogens (tertiary/aromatic N) is 2. The van der Waals surface area contributed by atoms with E-state index in [9.17, 15) is 18.4 Å². The van der Waals surface area contributed by atoms with E-state index in [-0.39, 0.29) is 24.8 Å². The third-order valence-electron chi connectivity index (χ3n) is 5.09.